The van der Waals surface area contributed by atoms with Gasteiger partial charge in [-0.25, -0.2) is 17.8 Å². The summed E-state index contributed by atoms with van der Waals surface area (Å²) in [5, 5.41) is 5.08. The van der Waals surface area contributed by atoms with E-state index in [1.807, 2.05) is 23.0 Å². The Bertz CT molecular complexity index is 1690. The summed E-state index contributed by atoms with van der Waals surface area (Å²) in [5.41, 5.74) is 0.915. The van der Waals surface area contributed by atoms with Crippen LogP contribution >= 0.6 is 0 Å². The van der Waals surface area contributed by atoms with Crippen molar-refractivity contribution < 1.29 is 21.6 Å². The molecule has 0 N–H and O–H groups in total. The maximum atomic E-state index is 14.2. The Morgan fingerprint density at radius 1 is 1.10 bits per heavy atom. The molecule has 0 spiro atoms. The maximum Gasteiger partial charge on any atom is 0.321 e. The summed E-state index contributed by atoms with van der Waals surface area (Å²) in [4.78, 5) is 18.7. The highest BCUT2D eigenvalue weighted by atomic mass is 32.2. The molecule has 0 amide bonds. The van der Waals surface area contributed by atoms with Gasteiger partial charge in [0, 0.05) is 55.2 Å². The van der Waals surface area contributed by atoms with Gasteiger partial charge in [-0.15, -0.1) is 0 Å². The zero-order chi connectivity index (χ0) is 28.1. The highest BCUT2D eigenvalue weighted by Crippen LogP contribution is 2.31. The van der Waals surface area contributed by atoms with Crippen LogP contribution in [0.15, 0.2) is 47.8 Å². The van der Waals surface area contributed by atoms with Crippen molar-refractivity contribution in [3.63, 3.8) is 0 Å². The normalized spacial score (nSPS) is 16.4. The molecule has 208 valence electrons. The second-order valence-corrected chi connectivity index (χ2v) is 12.8. The number of hydrogen-bond acceptors (Lipinski definition) is 6. The Morgan fingerprint density at radius 3 is 2.46 bits per heavy atom. The Morgan fingerprint density at radius 2 is 1.82 bits per heavy atom. The standard InChI is InChI=1S/C26H29F3N6O3S/c1-26(2,33-8-10-39(37,38)11-9-33)7-6-17-14-34(19-13-30-32(3)16-19)23-20(17)4-5-22(31-23)18-12-21(27)24(36)35(15-18)25(28)29/h4-5,12-16,25H,6-11H2,1-3H3. The van der Waals surface area contributed by atoms with E-state index in [4.69, 9.17) is 4.98 Å². The van der Waals surface area contributed by atoms with Crippen molar-refractivity contribution in [2.24, 2.45) is 7.05 Å². The third kappa shape index (κ3) is 5.37. The molecule has 0 aromatic carbocycles. The molecule has 4 aromatic rings. The van der Waals surface area contributed by atoms with Crippen LogP contribution in [0, 0.1) is 5.82 Å². The lowest BCUT2D eigenvalue weighted by Crippen LogP contribution is -2.51. The minimum atomic E-state index is -3.19. The molecule has 0 saturated carbocycles. The summed E-state index contributed by atoms with van der Waals surface area (Å²) < 4.78 is 68.2. The van der Waals surface area contributed by atoms with Crippen LogP contribution in [-0.4, -0.2) is 67.4 Å². The number of alkyl halides is 2. The molecular weight excluding hydrogens is 533 g/mol. The minimum Gasteiger partial charge on any atom is -0.298 e. The molecule has 5 heterocycles. The zero-order valence-electron chi connectivity index (χ0n) is 21.8. The quantitative estimate of drug-likeness (QED) is 0.342. The van der Waals surface area contributed by atoms with Crippen LogP contribution in [0.3, 0.4) is 0 Å². The van der Waals surface area contributed by atoms with Crippen LogP contribution < -0.4 is 5.56 Å². The van der Waals surface area contributed by atoms with Gasteiger partial charge in [0.2, 0.25) is 0 Å². The van der Waals surface area contributed by atoms with Gasteiger partial charge < -0.3 is 0 Å². The van der Waals surface area contributed by atoms with Crippen LogP contribution in [0.5, 0.6) is 0 Å². The largest absolute Gasteiger partial charge is 0.321 e. The van der Waals surface area contributed by atoms with Gasteiger partial charge in [-0.1, -0.05) is 0 Å². The van der Waals surface area contributed by atoms with Crippen molar-refractivity contribution >= 4 is 20.9 Å². The van der Waals surface area contributed by atoms with Crippen molar-refractivity contribution in [3.8, 4) is 16.9 Å². The predicted molar refractivity (Wildman–Crippen MR) is 141 cm³/mol. The summed E-state index contributed by atoms with van der Waals surface area (Å²) in [6.45, 7) is 2.01. The van der Waals surface area contributed by atoms with E-state index in [0.29, 0.717) is 25.2 Å². The Balaban J connectivity index is 1.52. The van der Waals surface area contributed by atoms with Gasteiger partial charge in [-0.2, -0.15) is 13.9 Å². The molecular formula is C26H29F3N6O3S. The number of nitrogens with zero attached hydrogens (tertiary/aromatic N) is 6. The Labute approximate surface area is 223 Å². The molecule has 4 aromatic heterocycles. The molecule has 1 aliphatic heterocycles. The third-order valence-electron chi connectivity index (χ3n) is 7.42. The molecule has 1 fully saturated rings. The molecule has 13 heteroatoms. The number of aromatic nitrogens is 5. The number of halogens is 3. The van der Waals surface area contributed by atoms with Gasteiger partial charge in [0.1, 0.15) is 5.65 Å². The molecule has 0 bridgehead atoms. The van der Waals surface area contributed by atoms with Crippen molar-refractivity contribution in [1.82, 2.24) is 28.8 Å². The average molecular weight is 563 g/mol. The Kier molecular flexibility index (Phi) is 6.91. The lowest BCUT2D eigenvalue weighted by Gasteiger charge is -2.41. The molecule has 39 heavy (non-hydrogen) atoms. The molecule has 0 unspecified atom stereocenters. The van der Waals surface area contributed by atoms with Gasteiger partial charge >= 0.3 is 6.55 Å². The number of sulfone groups is 1. The summed E-state index contributed by atoms with van der Waals surface area (Å²) in [5.74, 6) is -0.975. The topological polar surface area (TPSA) is 95.0 Å². The van der Waals surface area contributed by atoms with E-state index in [2.05, 4.69) is 23.8 Å². The number of pyridine rings is 2. The van der Waals surface area contributed by atoms with Crippen LogP contribution in [0.2, 0.25) is 0 Å². The third-order valence-corrected chi connectivity index (χ3v) is 9.02. The highest BCUT2D eigenvalue weighted by Gasteiger charge is 2.32. The summed E-state index contributed by atoms with van der Waals surface area (Å²) in [6.07, 6.45) is 7.77. The van der Waals surface area contributed by atoms with Gasteiger partial charge in [0.05, 0.1) is 29.1 Å². The average Bonchev–Trinajstić information content (AvgIpc) is 3.46. The second-order valence-electron chi connectivity index (χ2n) is 10.5. The lowest BCUT2D eigenvalue weighted by atomic mass is 9.93. The summed E-state index contributed by atoms with van der Waals surface area (Å²) in [6, 6.07) is 4.35. The predicted octanol–water partition coefficient (Wildman–Crippen LogP) is 3.56. The van der Waals surface area contributed by atoms with Gasteiger partial charge in [0.15, 0.2) is 15.7 Å². The smallest absolute Gasteiger partial charge is 0.298 e. The molecule has 0 radical (unpaired) electrons. The first-order valence-corrected chi connectivity index (χ1v) is 14.3. The van der Waals surface area contributed by atoms with E-state index in [1.165, 1.54) is 0 Å². The van der Waals surface area contributed by atoms with E-state index >= 15 is 0 Å². The highest BCUT2D eigenvalue weighted by molar-refractivity contribution is 7.91. The maximum absolute atomic E-state index is 14.2. The molecule has 1 saturated heterocycles. The van der Waals surface area contributed by atoms with E-state index in [1.54, 1.807) is 24.0 Å². The first-order chi connectivity index (χ1) is 18.3. The number of rotatable bonds is 7. The van der Waals surface area contributed by atoms with Crippen molar-refractivity contribution in [1.29, 1.82) is 0 Å². The lowest BCUT2D eigenvalue weighted by molar-refractivity contribution is 0.0651. The van der Waals surface area contributed by atoms with Gasteiger partial charge in [-0.05, 0) is 50.5 Å². The minimum absolute atomic E-state index is 0.0516. The first-order valence-electron chi connectivity index (χ1n) is 12.5. The number of hydrogen-bond donors (Lipinski definition) is 0. The number of aryl methyl sites for hydroxylation is 2. The molecule has 1 aliphatic rings. The number of fused-ring (bicyclic) bond motifs is 1. The van der Waals surface area contributed by atoms with Crippen LogP contribution in [0.4, 0.5) is 13.2 Å². The molecule has 0 atom stereocenters. The Hall–Kier alpha value is -3.45. The monoisotopic (exact) mass is 562 g/mol. The van der Waals surface area contributed by atoms with E-state index in [9.17, 15) is 26.4 Å². The molecule has 0 aliphatic carbocycles. The molecule has 5 rings (SSSR count). The zero-order valence-corrected chi connectivity index (χ0v) is 22.6. The first kappa shape index (κ1) is 27.1. The van der Waals surface area contributed by atoms with E-state index in [0.717, 1.165) is 35.3 Å². The summed E-state index contributed by atoms with van der Waals surface area (Å²) >= 11 is 0. The fraction of sp³-hybridized carbons (Fsp3) is 0.423. The summed E-state index contributed by atoms with van der Waals surface area (Å²) in [7, 11) is -1.20. The fourth-order valence-corrected chi connectivity index (χ4v) is 6.23. The second kappa shape index (κ2) is 9.94. The van der Waals surface area contributed by atoms with Gasteiger partial charge in [0.25, 0.3) is 5.56 Å². The van der Waals surface area contributed by atoms with Crippen LogP contribution in [0.25, 0.3) is 28.0 Å². The SMILES string of the molecule is Cn1cc(-n2cc(CCC(C)(C)N3CCS(=O)(=O)CC3)c3ccc(-c4cc(F)c(=O)n(C(F)F)c4)nc32)cn1. The van der Waals surface area contributed by atoms with Crippen molar-refractivity contribution in [2.45, 2.75) is 38.8 Å². The van der Waals surface area contributed by atoms with Gasteiger partial charge in [-0.3, -0.25) is 23.5 Å². The molecule has 9 nitrogen and oxygen atoms in total. The van der Waals surface area contributed by atoms with E-state index < -0.39 is 27.8 Å². The van der Waals surface area contributed by atoms with E-state index in [-0.39, 0.29) is 32.9 Å². The van der Waals surface area contributed by atoms with Crippen LogP contribution in [-0.2, 0) is 23.3 Å². The van der Waals surface area contributed by atoms with Crippen molar-refractivity contribution in [2.75, 3.05) is 24.6 Å². The fourth-order valence-electron chi connectivity index (χ4n) is 5.03. The van der Waals surface area contributed by atoms with Crippen LogP contribution in [0.1, 0.15) is 32.4 Å². The van der Waals surface area contributed by atoms with Crippen molar-refractivity contribution in [3.05, 3.63) is 64.7 Å².